The van der Waals surface area contributed by atoms with Crippen LogP contribution in [-0.2, 0) is 0 Å². The van der Waals surface area contributed by atoms with Gasteiger partial charge < -0.3 is 0 Å². The molecular formula is C44H42N6. The van der Waals surface area contributed by atoms with Crippen LogP contribution in [0.15, 0.2) is 153 Å². The smallest absolute Gasteiger partial charge is 0.163 e. The molecule has 0 radical (unpaired) electrons. The van der Waals surface area contributed by atoms with E-state index in [4.69, 9.17) is 15.0 Å². The Labute approximate surface area is 295 Å². The van der Waals surface area contributed by atoms with E-state index in [1.807, 2.05) is 87.8 Å². The minimum absolute atomic E-state index is 0.0240. The molecule has 248 valence electrons. The van der Waals surface area contributed by atoms with Crippen molar-refractivity contribution in [2.24, 2.45) is 0 Å². The van der Waals surface area contributed by atoms with E-state index >= 15 is 0 Å². The van der Waals surface area contributed by atoms with E-state index < -0.39 is 0 Å². The Balaban J connectivity index is 1.58. The predicted octanol–water partition coefficient (Wildman–Crippen LogP) is 10.8. The van der Waals surface area contributed by atoms with Gasteiger partial charge in [-0.15, -0.1) is 0 Å². The van der Waals surface area contributed by atoms with Gasteiger partial charge in [-0.05, 0) is 90.9 Å². The molecule has 5 rings (SSSR count). The molecule has 0 amide bonds. The van der Waals surface area contributed by atoms with Crippen LogP contribution < -0.4 is 0 Å². The monoisotopic (exact) mass is 654 g/mol. The molecular weight excluding hydrogens is 613 g/mol. The Hall–Kier alpha value is -6.14. The number of hydrogen-bond donors (Lipinski definition) is 0. The second-order valence-corrected chi connectivity index (χ2v) is 11.9. The maximum Gasteiger partial charge on any atom is 0.163 e. The molecule has 6 heteroatoms. The molecule has 0 saturated heterocycles. The standard InChI is InChI=1S/C44H42N6/c1-7-9-11-13-32(4)43-48-42(31(3)12-10-8-2)49-44(50-43)34(6)29-40(37-18-20-39(21-19-37)41-24-27-46-30-47-41)28-33(5)35-14-16-36(17-15-35)38-22-25-45-26-23-38/h7-30,32H,6H2,1-5H3/b9-7-,10-8-,13-11-,31-12+,33-28+,40-29+. The molecule has 0 saturated carbocycles. The molecule has 0 aliphatic carbocycles. The van der Waals surface area contributed by atoms with Crippen molar-refractivity contribution in [3.63, 3.8) is 0 Å². The summed E-state index contributed by atoms with van der Waals surface area (Å²) >= 11 is 0. The zero-order chi connectivity index (χ0) is 35.3. The lowest BCUT2D eigenvalue weighted by Crippen LogP contribution is -2.08. The molecule has 0 spiro atoms. The lowest BCUT2D eigenvalue weighted by atomic mass is 9.96. The van der Waals surface area contributed by atoms with Gasteiger partial charge in [0.15, 0.2) is 11.6 Å². The molecule has 0 aliphatic heterocycles. The molecule has 0 aliphatic rings. The fraction of sp³-hybridized carbons (Fsp3) is 0.136. The summed E-state index contributed by atoms with van der Waals surface area (Å²) in [6, 6.07) is 22.9. The van der Waals surface area contributed by atoms with Crippen LogP contribution in [0.1, 0.15) is 69.1 Å². The number of nitrogens with zero attached hydrogens (tertiary/aromatic N) is 6. The van der Waals surface area contributed by atoms with Gasteiger partial charge in [0, 0.05) is 35.6 Å². The molecule has 50 heavy (non-hydrogen) atoms. The average Bonchev–Trinajstić information content (AvgIpc) is 3.17. The summed E-state index contributed by atoms with van der Waals surface area (Å²) in [4.78, 5) is 27.3. The fourth-order valence-electron chi connectivity index (χ4n) is 5.20. The van der Waals surface area contributed by atoms with Gasteiger partial charge in [0.2, 0.25) is 0 Å². The number of hydrogen-bond acceptors (Lipinski definition) is 6. The van der Waals surface area contributed by atoms with Crippen molar-refractivity contribution in [3.05, 3.63) is 182 Å². The first-order valence-corrected chi connectivity index (χ1v) is 16.7. The van der Waals surface area contributed by atoms with Crippen molar-refractivity contribution < 1.29 is 0 Å². The third-order valence-electron chi connectivity index (χ3n) is 8.09. The van der Waals surface area contributed by atoms with Crippen molar-refractivity contribution in [1.29, 1.82) is 0 Å². The molecule has 6 nitrogen and oxygen atoms in total. The van der Waals surface area contributed by atoms with Crippen molar-refractivity contribution in [1.82, 2.24) is 29.9 Å². The van der Waals surface area contributed by atoms with E-state index in [1.165, 1.54) is 0 Å². The van der Waals surface area contributed by atoms with E-state index in [0.29, 0.717) is 23.0 Å². The Morgan fingerprint density at radius 3 is 1.96 bits per heavy atom. The summed E-state index contributed by atoms with van der Waals surface area (Å²) < 4.78 is 0. The van der Waals surface area contributed by atoms with Crippen molar-refractivity contribution in [2.45, 2.75) is 40.5 Å². The third-order valence-corrected chi connectivity index (χ3v) is 8.09. The minimum atomic E-state index is -0.0240. The molecule has 1 atom stereocenters. The third kappa shape index (κ3) is 9.26. The number of allylic oxidation sites excluding steroid dienone is 13. The molecule has 3 heterocycles. The van der Waals surface area contributed by atoms with Crippen LogP contribution in [0.5, 0.6) is 0 Å². The van der Waals surface area contributed by atoms with Crippen LogP contribution in [0.25, 0.3) is 44.7 Å². The summed E-state index contributed by atoms with van der Waals surface area (Å²) in [5.41, 5.74) is 10.0. The average molecular weight is 655 g/mol. The molecule has 0 N–H and O–H groups in total. The topological polar surface area (TPSA) is 77.3 Å². The molecule has 2 aromatic carbocycles. The first-order chi connectivity index (χ1) is 24.4. The lowest BCUT2D eigenvalue weighted by Gasteiger charge is -2.12. The maximum absolute atomic E-state index is 4.92. The minimum Gasteiger partial charge on any atom is -0.265 e. The highest BCUT2D eigenvalue weighted by Gasteiger charge is 2.14. The van der Waals surface area contributed by atoms with Crippen molar-refractivity contribution in [2.75, 3.05) is 0 Å². The van der Waals surface area contributed by atoms with Gasteiger partial charge in [0.25, 0.3) is 0 Å². The Morgan fingerprint density at radius 2 is 1.28 bits per heavy atom. The van der Waals surface area contributed by atoms with E-state index in [9.17, 15) is 0 Å². The summed E-state index contributed by atoms with van der Waals surface area (Å²) in [5, 5.41) is 0. The Morgan fingerprint density at radius 1 is 0.640 bits per heavy atom. The van der Waals surface area contributed by atoms with Crippen LogP contribution in [0.3, 0.4) is 0 Å². The van der Waals surface area contributed by atoms with Gasteiger partial charge in [0.05, 0.1) is 5.69 Å². The SMILES string of the molecule is C=C(/C=C(\C=C(/C)c1ccc(-c2ccncc2)cc1)c1ccc(-c2ccncn2)cc1)c1nc(/C(C)=C/C=C\C)nc(C(C)/C=C\C=C/C)n1. The van der Waals surface area contributed by atoms with E-state index in [0.717, 1.165) is 50.2 Å². The summed E-state index contributed by atoms with van der Waals surface area (Å²) in [5.74, 6) is 1.82. The predicted molar refractivity (Wildman–Crippen MR) is 208 cm³/mol. The molecule has 1 unspecified atom stereocenters. The van der Waals surface area contributed by atoms with Crippen LogP contribution in [-0.4, -0.2) is 29.9 Å². The molecule has 5 aromatic rings. The van der Waals surface area contributed by atoms with Gasteiger partial charge in [-0.25, -0.2) is 24.9 Å². The second-order valence-electron chi connectivity index (χ2n) is 11.9. The Bertz CT molecular complexity index is 2080. The van der Waals surface area contributed by atoms with Crippen LogP contribution in [0.4, 0.5) is 0 Å². The highest BCUT2D eigenvalue weighted by Crippen LogP contribution is 2.29. The Kier molecular flexibility index (Phi) is 12.2. The normalized spacial score (nSPS) is 13.4. The van der Waals surface area contributed by atoms with Crippen molar-refractivity contribution in [3.8, 4) is 22.4 Å². The molecule has 3 aromatic heterocycles. The second kappa shape index (κ2) is 17.3. The number of benzene rings is 2. The van der Waals surface area contributed by atoms with E-state index in [2.05, 4.69) is 102 Å². The van der Waals surface area contributed by atoms with Crippen LogP contribution >= 0.6 is 0 Å². The summed E-state index contributed by atoms with van der Waals surface area (Å²) in [7, 11) is 0. The maximum atomic E-state index is 4.92. The molecule has 0 fully saturated rings. The van der Waals surface area contributed by atoms with E-state index in [-0.39, 0.29) is 5.92 Å². The highest BCUT2D eigenvalue weighted by molar-refractivity contribution is 5.90. The number of aromatic nitrogens is 6. The lowest BCUT2D eigenvalue weighted by molar-refractivity contribution is 0.803. The summed E-state index contributed by atoms with van der Waals surface area (Å²) in [6.07, 6.45) is 25.3. The van der Waals surface area contributed by atoms with Gasteiger partial charge in [-0.2, -0.15) is 0 Å². The zero-order valence-electron chi connectivity index (χ0n) is 29.3. The highest BCUT2D eigenvalue weighted by atomic mass is 15.0. The summed E-state index contributed by atoms with van der Waals surface area (Å²) in [6.45, 7) is 14.7. The van der Waals surface area contributed by atoms with Crippen molar-refractivity contribution >= 4 is 22.3 Å². The fourth-order valence-corrected chi connectivity index (χ4v) is 5.20. The van der Waals surface area contributed by atoms with Gasteiger partial charge in [-0.1, -0.05) is 111 Å². The number of rotatable bonds is 12. The largest absolute Gasteiger partial charge is 0.265 e. The quantitative estimate of drug-likeness (QED) is 0.125. The van der Waals surface area contributed by atoms with E-state index in [1.54, 1.807) is 12.5 Å². The molecule has 0 bridgehead atoms. The zero-order valence-corrected chi connectivity index (χ0v) is 29.3. The van der Waals surface area contributed by atoms with Gasteiger partial charge in [-0.3, -0.25) is 4.98 Å². The number of pyridine rings is 1. The van der Waals surface area contributed by atoms with Crippen LogP contribution in [0, 0.1) is 0 Å². The van der Waals surface area contributed by atoms with Crippen LogP contribution in [0.2, 0.25) is 0 Å². The first-order valence-electron chi connectivity index (χ1n) is 16.7. The first kappa shape index (κ1) is 35.2. The van der Waals surface area contributed by atoms with Gasteiger partial charge in [0.1, 0.15) is 12.2 Å². The van der Waals surface area contributed by atoms with Gasteiger partial charge >= 0.3 is 0 Å².